The minimum atomic E-state index is -0.324. The molecule has 0 heterocycles. The molecule has 1 aliphatic rings. The van der Waals surface area contributed by atoms with Gasteiger partial charge in [-0.05, 0) is 50.1 Å². The van der Waals surface area contributed by atoms with E-state index in [1.807, 2.05) is 0 Å². The van der Waals surface area contributed by atoms with E-state index in [4.69, 9.17) is 0 Å². The Balaban J connectivity index is 1.64. The fourth-order valence-corrected chi connectivity index (χ4v) is 1.59. The third-order valence-corrected chi connectivity index (χ3v) is 2.76. The number of carbonyl (C=O) groups excluding carboxylic acids is 1. The lowest BCUT2D eigenvalue weighted by molar-refractivity contribution is 0.0953. The van der Waals surface area contributed by atoms with Crippen LogP contribution in [0, 0.1) is 5.82 Å². The summed E-state index contributed by atoms with van der Waals surface area (Å²) in [6, 6.07) is 6.29. The highest BCUT2D eigenvalue weighted by atomic mass is 19.1. The smallest absolute Gasteiger partial charge is 0.251 e. The Morgan fingerprint density at radius 1 is 1.24 bits per heavy atom. The maximum Gasteiger partial charge on any atom is 0.251 e. The molecule has 1 aromatic rings. The Morgan fingerprint density at radius 3 is 2.59 bits per heavy atom. The SMILES string of the molecule is O=C(NCCCNC1CC1)c1ccc(F)cc1. The fourth-order valence-electron chi connectivity index (χ4n) is 1.59. The van der Waals surface area contributed by atoms with Crippen molar-refractivity contribution >= 4 is 5.91 Å². The summed E-state index contributed by atoms with van der Waals surface area (Å²) in [4.78, 5) is 11.6. The van der Waals surface area contributed by atoms with E-state index >= 15 is 0 Å². The molecule has 0 bridgehead atoms. The molecule has 2 rings (SSSR count). The van der Waals surface area contributed by atoms with Gasteiger partial charge in [0.25, 0.3) is 5.91 Å². The second kappa shape index (κ2) is 5.77. The predicted molar refractivity (Wildman–Crippen MR) is 64.4 cm³/mol. The van der Waals surface area contributed by atoms with Crippen molar-refractivity contribution in [2.45, 2.75) is 25.3 Å². The molecule has 2 N–H and O–H groups in total. The lowest BCUT2D eigenvalue weighted by atomic mass is 10.2. The summed E-state index contributed by atoms with van der Waals surface area (Å²) in [5, 5.41) is 6.19. The molecule has 1 aliphatic carbocycles. The first-order valence-corrected chi connectivity index (χ1v) is 6.03. The molecule has 4 heteroatoms. The molecule has 0 atom stereocenters. The van der Waals surface area contributed by atoms with Crippen LogP contribution in [0.15, 0.2) is 24.3 Å². The molecular formula is C13H17FN2O. The lowest BCUT2D eigenvalue weighted by Gasteiger charge is -2.05. The van der Waals surface area contributed by atoms with Gasteiger partial charge >= 0.3 is 0 Å². The van der Waals surface area contributed by atoms with Crippen LogP contribution in [0.1, 0.15) is 29.6 Å². The Hall–Kier alpha value is -1.42. The van der Waals surface area contributed by atoms with Crippen molar-refractivity contribution in [2.24, 2.45) is 0 Å². The molecule has 92 valence electrons. The highest BCUT2D eigenvalue weighted by molar-refractivity contribution is 5.94. The molecule has 0 radical (unpaired) electrons. The number of nitrogens with one attached hydrogen (secondary N) is 2. The van der Waals surface area contributed by atoms with Crippen molar-refractivity contribution in [3.8, 4) is 0 Å². The molecule has 0 aliphatic heterocycles. The number of hydrogen-bond donors (Lipinski definition) is 2. The van der Waals surface area contributed by atoms with E-state index in [-0.39, 0.29) is 11.7 Å². The van der Waals surface area contributed by atoms with Crippen LogP contribution in [0.25, 0.3) is 0 Å². The summed E-state index contributed by atoms with van der Waals surface area (Å²) in [6.45, 7) is 1.59. The topological polar surface area (TPSA) is 41.1 Å². The number of halogens is 1. The van der Waals surface area contributed by atoms with Crippen LogP contribution in [-0.2, 0) is 0 Å². The van der Waals surface area contributed by atoms with Gasteiger partial charge in [-0.25, -0.2) is 4.39 Å². The average molecular weight is 236 g/mol. The summed E-state index contributed by atoms with van der Waals surface area (Å²) >= 11 is 0. The van der Waals surface area contributed by atoms with Crippen LogP contribution in [0.3, 0.4) is 0 Å². The molecule has 3 nitrogen and oxygen atoms in total. The van der Waals surface area contributed by atoms with Gasteiger partial charge in [0.05, 0.1) is 0 Å². The Morgan fingerprint density at radius 2 is 1.94 bits per heavy atom. The molecule has 1 aromatic carbocycles. The van der Waals surface area contributed by atoms with E-state index in [1.54, 1.807) is 0 Å². The van der Waals surface area contributed by atoms with Crippen LogP contribution in [0.5, 0.6) is 0 Å². The molecule has 0 spiro atoms. The van der Waals surface area contributed by atoms with E-state index < -0.39 is 0 Å². The molecule has 0 unspecified atom stereocenters. The van der Waals surface area contributed by atoms with Crippen LogP contribution in [-0.4, -0.2) is 25.0 Å². The summed E-state index contributed by atoms with van der Waals surface area (Å²) in [7, 11) is 0. The lowest BCUT2D eigenvalue weighted by Crippen LogP contribution is -2.27. The molecule has 1 fully saturated rings. The van der Waals surface area contributed by atoms with E-state index in [0.717, 1.165) is 13.0 Å². The van der Waals surface area contributed by atoms with Gasteiger partial charge in [0.2, 0.25) is 0 Å². The maximum absolute atomic E-state index is 12.6. The monoisotopic (exact) mass is 236 g/mol. The first-order valence-electron chi connectivity index (χ1n) is 6.03. The van der Waals surface area contributed by atoms with Gasteiger partial charge in [0.1, 0.15) is 5.82 Å². The number of carbonyl (C=O) groups is 1. The van der Waals surface area contributed by atoms with Crippen molar-refractivity contribution in [3.63, 3.8) is 0 Å². The normalized spacial score (nSPS) is 14.6. The predicted octanol–water partition coefficient (Wildman–Crippen LogP) is 1.70. The van der Waals surface area contributed by atoms with E-state index in [2.05, 4.69) is 10.6 Å². The number of amides is 1. The molecule has 1 amide bonds. The summed E-state index contributed by atoms with van der Waals surface area (Å²) in [6.07, 6.45) is 3.48. The van der Waals surface area contributed by atoms with Gasteiger partial charge in [0.15, 0.2) is 0 Å². The third-order valence-electron chi connectivity index (χ3n) is 2.76. The number of benzene rings is 1. The van der Waals surface area contributed by atoms with Crippen molar-refractivity contribution in [1.82, 2.24) is 10.6 Å². The summed E-state index contributed by atoms with van der Waals surface area (Å²) in [5.74, 6) is -0.466. The number of rotatable bonds is 6. The van der Waals surface area contributed by atoms with E-state index in [1.165, 1.54) is 37.1 Å². The van der Waals surface area contributed by atoms with Crippen molar-refractivity contribution in [1.29, 1.82) is 0 Å². The zero-order valence-electron chi connectivity index (χ0n) is 9.71. The Bertz CT molecular complexity index is 374. The molecule has 17 heavy (non-hydrogen) atoms. The second-order valence-corrected chi connectivity index (χ2v) is 4.34. The Labute approximate surface area is 100 Å². The van der Waals surface area contributed by atoms with Crippen LogP contribution in [0.2, 0.25) is 0 Å². The van der Waals surface area contributed by atoms with Gasteiger partial charge in [0, 0.05) is 18.2 Å². The molecule has 1 saturated carbocycles. The van der Waals surface area contributed by atoms with E-state index in [9.17, 15) is 9.18 Å². The molecule has 0 aromatic heterocycles. The quantitative estimate of drug-likeness (QED) is 0.738. The molecule has 0 saturated heterocycles. The van der Waals surface area contributed by atoms with Crippen molar-refractivity contribution < 1.29 is 9.18 Å². The van der Waals surface area contributed by atoms with Gasteiger partial charge in [-0.2, -0.15) is 0 Å². The largest absolute Gasteiger partial charge is 0.352 e. The minimum Gasteiger partial charge on any atom is -0.352 e. The highest BCUT2D eigenvalue weighted by Crippen LogP contribution is 2.18. The first kappa shape index (κ1) is 12.0. The summed E-state index contributed by atoms with van der Waals surface area (Å²) < 4.78 is 12.6. The van der Waals surface area contributed by atoms with E-state index in [0.29, 0.717) is 18.2 Å². The zero-order chi connectivity index (χ0) is 12.1. The fraction of sp³-hybridized carbons (Fsp3) is 0.462. The average Bonchev–Trinajstić information content (AvgIpc) is 3.13. The second-order valence-electron chi connectivity index (χ2n) is 4.34. The zero-order valence-corrected chi connectivity index (χ0v) is 9.71. The third kappa shape index (κ3) is 4.15. The standard InChI is InChI=1S/C13H17FN2O/c14-11-4-2-10(3-5-11)13(17)16-9-1-8-15-12-6-7-12/h2-5,12,15H,1,6-9H2,(H,16,17). The highest BCUT2D eigenvalue weighted by Gasteiger charge is 2.19. The van der Waals surface area contributed by atoms with Crippen LogP contribution >= 0.6 is 0 Å². The van der Waals surface area contributed by atoms with Crippen molar-refractivity contribution in [2.75, 3.05) is 13.1 Å². The van der Waals surface area contributed by atoms with Gasteiger partial charge in [-0.1, -0.05) is 0 Å². The van der Waals surface area contributed by atoms with Crippen molar-refractivity contribution in [3.05, 3.63) is 35.6 Å². The maximum atomic E-state index is 12.6. The first-order chi connectivity index (χ1) is 8.25. The van der Waals surface area contributed by atoms with Crippen LogP contribution in [0.4, 0.5) is 4.39 Å². The number of hydrogen-bond acceptors (Lipinski definition) is 2. The molecular weight excluding hydrogens is 219 g/mol. The van der Waals surface area contributed by atoms with Crippen LogP contribution < -0.4 is 10.6 Å². The van der Waals surface area contributed by atoms with Gasteiger partial charge in [-0.3, -0.25) is 4.79 Å². The Kier molecular flexibility index (Phi) is 4.09. The minimum absolute atomic E-state index is 0.142. The van der Waals surface area contributed by atoms with Gasteiger partial charge in [-0.15, -0.1) is 0 Å². The van der Waals surface area contributed by atoms with Gasteiger partial charge < -0.3 is 10.6 Å². The summed E-state index contributed by atoms with van der Waals surface area (Å²) in [5.41, 5.74) is 0.501.